The van der Waals surface area contributed by atoms with Gasteiger partial charge in [-0.2, -0.15) is 4.31 Å². The van der Waals surface area contributed by atoms with Crippen molar-refractivity contribution in [3.63, 3.8) is 0 Å². The van der Waals surface area contributed by atoms with Gasteiger partial charge in [-0.1, -0.05) is 12.8 Å². The Morgan fingerprint density at radius 2 is 1.95 bits per heavy atom. The number of aromatic carboxylic acids is 1. The summed E-state index contributed by atoms with van der Waals surface area (Å²) in [5, 5.41) is 10.4. The molecule has 1 aliphatic carbocycles. The Labute approximate surface area is 135 Å². The average molecular weight is 346 g/mol. The van der Waals surface area contributed by atoms with E-state index in [0.29, 0.717) is 13.1 Å². The maximum absolute atomic E-state index is 12.9. The van der Waals surface area contributed by atoms with E-state index < -0.39 is 16.0 Å². The van der Waals surface area contributed by atoms with E-state index in [1.807, 2.05) is 19.0 Å². The van der Waals surface area contributed by atoms with Crippen LogP contribution in [-0.2, 0) is 10.0 Å². The first kappa shape index (κ1) is 17.4. The Morgan fingerprint density at radius 3 is 2.45 bits per heavy atom. The zero-order valence-corrected chi connectivity index (χ0v) is 14.5. The van der Waals surface area contributed by atoms with E-state index in [1.165, 1.54) is 11.4 Å². The molecule has 1 aromatic heterocycles. The molecule has 2 rings (SSSR count). The summed E-state index contributed by atoms with van der Waals surface area (Å²) in [4.78, 5) is 13.1. The molecule has 22 heavy (non-hydrogen) atoms. The quantitative estimate of drug-likeness (QED) is 0.816. The van der Waals surface area contributed by atoms with Crippen molar-refractivity contribution in [1.29, 1.82) is 0 Å². The molecule has 124 valence electrons. The number of thiophene rings is 1. The van der Waals surface area contributed by atoms with Gasteiger partial charge in [0, 0.05) is 24.5 Å². The third-order valence-corrected chi connectivity index (χ3v) is 6.89. The molecule has 1 aliphatic rings. The minimum atomic E-state index is -3.64. The second-order valence-electron chi connectivity index (χ2n) is 5.81. The molecule has 6 nitrogen and oxygen atoms in total. The van der Waals surface area contributed by atoms with Gasteiger partial charge in [-0.15, -0.1) is 11.3 Å². The first-order valence-corrected chi connectivity index (χ1v) is 9.62. The van der Waals surface area contributed by atoms with Gasteiger partial charge in [0.1, 0.15) is 4.88 Å². The summed E-state index contributed by atoms with van der Waals surface area (Å²) in [5.74, 6) is -1.09. The molecular formula is C14H22N2O4S2. The molecule has 0 amide bonds. The van der Waals surface area contributed by atoms with Crippen LogP contribution in [0.2, 0.25) is 0 Å². The lowest BCUT2D eigenvalue weighted by Gasteiger charge is -2.28. The number of sulfonamides is 1. The van der Waals surface area contributed by atoms with E-state index in [0.717, 1.165) is 37.0 Å². The largest absolute Gasteiger partial charge is 0.477 e. The third-order valence-electron chi connectivity index (χ3n) is 3.89. The Hall–Kier alpha value is -0.960. The Kier molecular flexibility index (Phi) is 5.60. The van der Waals surface area contributed by atoms with E-state index in [1.54, 1.807) is 4.31 Å². The first-order valence-electron chi connectivity index (χ1n) is 7.31. The summed E-state index contributed by atoms with van der Waals surface area (Å²) in [5.41, 5.74) is 0. The second kappa shape index (κ2) is 7.08. The van der Waals surface area contributed by atoms with Gasteiger partial charge in [0.2, 0.25) is 10.0 Å². The topological polar surface area (TPSA) is 77.9 Å². The summed E-state index contributed by atoms with van der Waals surface area (Å²) in [7, 11) is 0.179. The molecule has 1 N–H and O–H groups in total. The minimum Gasteiger partial charge on any atom is -0.477 e. The molecule has 8 heteroatoms. The highest BCUT2D eigenvalue weighted by molar-refractivity contribution is 7.89. The van der Waals surface area contributed by atoms with Gasteiger partial charge in [-0.3, -0.25) is 0 Å². The summed E-state index contributed by atoms with van der Waals surface area (Å²) >= 11 is 0.953. The fourth-order valence-corrected chi connectivity index (χ4v) is 5.47. The van der Waals surface area contributed by atoms with Crippen LogP contribution in [0.4, 0.5) is 0 Å². The fourth-order valence-electron chi connectivity index (χ4n) is 2.69. The molecule has 1 aromatic rings. The highest BCUT2D eigenvalue weighted by atomic mass is 32.2. The maximum atomic E-state index is 12.9. The molecular weight excluding hydrogens is 324 g/mol. The second-order valence-corrected chi connectivity index (χ2v) is 8.61. The third kappa shape index (κ3) is 3.87. The Morgan fingerprint density at radius 1 is 1.32 bits per heavy atom. The lowest BCUT2D eigenvalue weighted by atomic mass is 10.2. The van der Waals surface area contributed by atoms with Gasteiger partial charge < -0.3 is 10.0 Å². The average Bonchev–Trinajstić information content (AvgIpc) is 3.10. The van der Waals surface area contributed by atoms with Crippen LogP contribution in [0.1, 0.15) is 35.4 Å². The van der Waals surface area contributed by atoms with Crippen LogP contribution in [0.25, 0.3) is 0 Å². The maximum Gasteiger partial charge on any atom is 0.345 e. The van der Waals surface area contributed by atoms with E-state index in [-0.39, 0.29) is 15.8 Å². The lowest BCUT2D eigenvalue weighted by Crippen LogP contribution is -2.42. The van der Waals surface area contributed by atoms with Crippen molar-refractivity contribution in [2.45, 2.75) is 36.6 Å². The summed E-state index contributed by atoms with van der Waals surface area (Å²) in [6.45, 7) is 1.07. The zero-order chi connectivity index (χ0) is 16.3. The van der Waals surface area contributed by atoms with Gasteiger partial charge in [0.05, 0.1) is 4.90 Å². The molecule has 0 unspecified atom stereocenters. The van der Waals surface area contributed by atoms with Crippen molar-refractivity contribution in [1.82, 2.24) is 9.21 Å². The molecule has 0 bridgehead atoms. The lowest BCUT2D eigenvalue weighted by molar-refractivity contribution is 0.0702. The van der Waals surface area contributed by atoms with Crippen molar-refractivity contribution in [3.05, 3.63) is 16.3 Å². The molecule has 0 atom stereocenters. The normalized spacial score (nSPS) is 16.7. The van der Waals surface area contributed by atoms with Crippen molar-refractivity contribution >= 4 is 27.3 Å². The number of likely N-dealkylation sites (N-methyl/N-ethyl adjacent to an activating group) is 1. The standard InChI is InChI=1S/C14H22N2O4S2/c1-15(2)7-8-16(11-5-3-4-6-11)22(19,20)12-9-13(14(17)18)21-10-12/h9-11H,3-8H2,1-2H3,(H,17,18). The van der Waals surface area contributed by atoms with Crippen LogP contribution >= 0.6 is 11.3 Å². The highest BCUT2D eigenvalue weighted by Crippen LogP contribution is 2.30. The smallest absolute Gasteiger partial charge is 0.345 e. The van der Waals surface area contributed by atoms with Crippen LogP contribution < -0.4 is 0 Å². The van der Waals surface area contributed by atoms with Crippen LogP contribution in [0.15, 0.2) is 16.3 Å². The predicted octanol–water partition coefficient (Wildman–Crippen LogP) is 1.94. The number of hydrogen-bond donors (Lipinski definition) is 1. The zero-order valence-electron chi connectivity index (χ0n) is 12.9. The Bertz CT molecular complexity index is 619. The number of hydrogen-bond acceptors (Lipinski definition) is 5. The van der Waals surface area contributed by atoms with Gasteiger partial charge in [0.15, 0.2) is 0 Å². The molecule has 0 aromatic carbocycles. The first-order chi connectivity index (χ1) is 10.3. The van der Waals surface area contributed by atoms with E-state index in [2.05, 4.69) is 0 Å². The van der Waals surface area contributed by atoms with Gasteiger partial charge in [-0.05, 0) is 33.0 Å². The summed E-state index contributed by atoms with van der Waals surface area (Å²) < 4.78 is 27.3. The molecule has 1 heterocycles. The van der Waals surface area contributed by atoms with Crippen LogP contribution in [0.5, 0.6) is 0 Å². The number of carboxylic acid groups (broad SMARTS) is 1. The Balaban J connectivity index is 2.28. The van der Waals surface area contributed by atoms with Crippen molar-refractivity contribution < 1.29 is 18.3 Å². The number of carbonyl (C=O) groups is 1. The van der Waals surface area contributed by atoms with E-state index in [4.69, 9.17) is 5.11 Å². The van der Waals surface area contributed by atoms with Gasteiger partial charge in [-0.25, -0.2) is 13.2 Å². The predicted molar refractivity (Wildman–Crippen MR) is 86.0 cm³/mol. The van der Waals surface area contributed by atoms with Crippen LogP contribution in [-0.4, -0.2) is 61.9 Å². The number of carboxylic acids is 1. The monoisotopic (exact) mass is 346 g/mol. The molecule has 0 spiro atoms. The highest BCUT2D eigenvalue weighted by Gasteiger charge is 2.33. The summed E-state index contributed by atoms with van der Waals surface area (Å²) in [6, 6.07) is 1.29. The van der Waals surface area contributed by atoms with Crippen LogP contribution in [0, 0.1) is 0 Å². The van der Waals surface area contributed by atoms with Gasteiger partial charge >= 0.3 is 5.97 Å². The minimum absolute atomic E-state index is 0.0260. The van der Waals surface area contributed by atoms with Crippen molar-refractivity contribution in [3.8, 4) is 0 Å². The number of nitrogens with zero attached hydrogens (tertiary/aromatic N) is 2. The fraction of sp³-hybridized carbons (Fsp3) is 0.643. The SMILES string of the molecule is CN(C)CCN(C1CCCC1)S(=O)(=O)c1csc(C(=O)O)c1. The molecule has 1 saturated carbocycles. The number of rotatable bonds is 7. The molecule has 1 fully saturated rings. The van der Waals surface area contributed by atoms with Gasteiger partial charge in [0.25, 0.3) is 0 Å². The molecule has 0 radical (unpaired) electrons. The molecule has 0 saturated heterocycles. The van der Waals surface area contributed by atoms with E-state index >= 15 is 0 Å². The summed E-state index contributed by atoms with van der Waals surface area (Å²) in [6.07, 6.45) is 3.84. The van der Waals surface area contributed by atoms with Crippen LogP contribution in [0.3, 0.4) is 0 Å². The van der Waals surface area contributed by atoms with Crippen molar-refractivity contribution in [2.75, 3.05) is 27.2 Å². The molecule has 0 aliphatic heterocycles. The van der Waals surface area contributed by atoms with Crippen molar-refractivity contribution in [2.24, 2.45) is 0 Å². The van der Waals surface area contributed by atoms with E-state index in [9.17, 15) is 13.2 Å².